The van der Waals surface area contributed by atoms with Gasteiger partial charge in [-0.05, 0) is 25.7 Å². The van der Waals surface area contributed by atoms with E-state index in [9.17, 15) is 4.79 Å². The van der Waals surface area contributed by atoms with E-state index in [2.05, 4.69) is 10.2 Å². The summed E-state index contributed by atoms with van der Waals surface area (Å²) in [5, 5.41) is 3.87. The first kappa shape index (κ1) is 15.0. The summed E-state index contributed by atoms with van der Waals surface area (Å²) in [5.74, 6) is 0.550. The van der Waals surface area contributed by atoms with Crippen molar-refractivity contribution in [2.75, 3.05) is 37.4 Å². The molecule has 1 aromatic heterocycles. The lowest BCUT2D eigenvalue weighted by Crippen LogP contribution is -2.28. The first-order chi connectivity index (χ1) is 9.69. The monoisotopic (exact) mass is 297 g/mol. The molecule has 0 atom stereocenters. The van der Waals surface area contributed by atoms with E-state index in [1.54, 1.807) is 7.11 Å². The summed E-state index contributed by atoms with van der Waals surface area (Å²) in [6, 6.07) is 0. The minimum absolute atomic E-state index is 0.101. The molecule has 0 aliphatic carbocycles. The van der Waals surface area contributed by atoms with E-state index in [0.29, 0.717) is 22.9 Å². The van der Waals surface area contributed by atoms with Crippen molar-refractivity contribution in [1.82, 2.24) is 5.32 Å². The highest BCUT2D eigenvalue weighted by molar-refractivity contribution is 7.19. The predicted octanol–water partition coefficient (Wildman–Crippen LogP) is 2.47. The Morgan fingerprint density at radius 3 is 2.70 bits per heavy atom. The largest absolute Gasteiger partial charge is 0.492 e. The molecule has 1 fully saturated rings. The quantitative estimate of drug-likeness (QED) is 0.876. The van der Waals surface area contributed by atoms with E-state index in [-0.39, 0.29) is 5.91 Å². The minimum Gasteiger partial charge on any atom is -0.492 e. The Hall–Kier alpha value is -1.43. The summed E-state index contributed by atoms with van der Waals surface area (Å²) in [5.41, 5.74) is 6.56. The molecular formula is C14H23N3O2S. The highest BCUT2D eigenvalue weighted by atomic mass is 32.1. The molecule has 1 aliphatic heterocycles. The van der Waals surface area contributed by atoms with Crippen LogP contribution >= 0.6 is 11.3 Å². The maximum absolute atomic E-state index is 12.1. The molecule has 0 unspecified atom stereocenters. The Morgan fingerprint density at radius 1 is 1.40 bits per heavy atom. The van der Waals surface area contributed by atoms with Crippen molar-refractivity contribution in [3.8, 4) is 5.75 Å². The van der Waals surface area contributed by atoms with Gasteiger partial charge in [-0.25, -0.2) is 0 Å². The number of methoxy groups -OCH3 is 1. The second kappa shape index (κ2) is 6.83. The summed E-state index contributed by atoms with van der Waals surface area (Å²) < 4.78 is 5.43. The van der Waals surface area contributed by atoms with E-state index in [0.717, 1.165) is 24.5 Å². The Morgan fingerprint density at radius 2 is 2.10 bits per heavy atom. The third kappa shape index (κ3) is 3.00. The summed E-state index contributed by atoms with van der Waals surface area (Å²) in [7, 11) is 1.61. The van der Waals surface area contributed by atoms with Crippen LogP contribution in [-0.2, 0) is 0 Å². The minimum atomic E-state index is -0.101. The van der Waals surface area contributed by atoms with Crippen molar-refractivity contribution in [2.24, 2.45) is 0 Å². The van der Waals surface area contributed by atoms with Crippen LogP contribution in [-0.4, -0.2) is 32.7 Å². The Balaban J connectivity index is 2.25. The molecule has 1 aromatic rings. The van der Waals surface area contributed by atoms with E-state index >= 15 is 0 Å². The lowest BCUT2D eigenvalue weighted by atomic mass is 10.1. The van der Waals surface area contributed by atoms with Crippen molar-refractivity contribution < 1.29 is 9.53 Å². The van der Waals surface area contributed by atoms with Crippen LogP contribution in [0, 0.1) is 0 Å². The molecule has 0 aromatic carbocycles. The van der Waals surface area contributed by atoms with Gasteiger partial charge in [0, 0.05) is 19.6 Å². The molecule has 6 heteroatoms. The summed E-state index contributed by atoms with van der Waals surface area (Å²) >= 11 is 1.44. The number of rotatable bonds is 5. The van der Waals surface area contributed by atoms with Gasteiger partial charge in [-0.1, -0.05) is 6.92 Å². The van der Waals surface area contributed by atoms with E-state index in [1.807, 2.05) is 6.92 Å². The van der Waals surface area contributed by atoms with E-state index in [4.69, 9.17) is 10.5 Å². The number of amides is 1. The van der Waals surface area contributed by atoms with Gasteiger partial charge in [0.15, 0.2) is 5.75 Å². The number of piperidine rings is 1. The maximum atomic E-state index is 12.1. The summed E-state index contributed by atoms with van der Waals surface area (Å²) in [6.45, 7) is 4.70. The zero-order chi connectivity index (χ0) is 14.5. The predicted molar refractivity (Wildman–Crippen MR) is 84.0 cm³/mol. The number of hydrogen-bond donors (Lipinski definition) is 2. The normalized spacial score (nSPS) is 15.2. The second-order valence-electron chi connectivity index (χ2n) is 4.99. The molecule has 0 bridgehead atoms. The molecule has 20 heavy (non-hydrogen) atoms. The van der Waals surface area contributed by atoms with Gasteiger partial charge in [-0.15, -0.1) is 11.3 Å². The first-order valence-electron chi connectivity index (χ1n) is 7.18. The van der Waals surface area contributed by atoms with Crippen LogP contribution in [0.15, 0.2) is 0 Å². The molecule has 3 N–H and O–H groups in total. The average molecular weight is 297 g/mol. The number of anilines is 2. The van der Waals surface area contributed by atoms with Crippen LogP contribution in [0.5, 0.6) is 5.75 Å². The zero-order valence-corrected chi connectivity index (χ0v) is 13.0. The highest BCUT2D eigenvalue weighted by Crippen LogP contribution is 2.45. The van der Waals surface area contributed by atoms with Gasteiger partial charge >= 0.3 is 0 Å². The van der Waals surface area contributed by atoms with Gasteiger partial charge in [-0.3, -0.25) is 4.79 Å². The van der Waals surface area contributed by atoms with Crippen molar-refractivity contribution in [1.29, 1.82) is 0 Å². The number of hydrogen-bond acceptors (Lipinski definition) is 5. The molecular weight excluding hydrogens is 274 g/mol. The molecule has 0 spiro atoms. The van der Waals surface area contributed by atoms with Gasteiger partial charge in [0.2, 0.25) is 0 Å². The molecule has 1 aliphatic rings. The van der Waals surface area contributed by atoms with Crippen molar-refractivity contribution in [3.63, 3.8) is 0 Å². The SMILES string of the molecule is CCCNC(=O)c1sc(N2CCCCC2)c(OC)c1N. The number of thiophene rings is 1. The second-order valence-corrected chi connectivity index (χ2v) is 5.99. The lowest BCUT2D eigenvalue weighted by molar-refractivity contribution is 0.0958. The molecule has 1 amide bonds. The van der Waals surface area contributed by atoms with Crippen LogP contribution in [0.1, 0.15) is 42.3 Å². The zero-order valence-electron chi connectivity index (χ0n) is 12.2. The van der Waals surface area contributed by atoms with E-state index < -0.39 is 0 Å². The molecule has 1 saturated heterocycles. The molecule has 2 rings (SSSR count). The van der Waals surface area contributed by atoms with Crippen molar-refractivity contribution in [2.45, 2.75) is 32.6 Å². The van der Waals surface area contributed by atoms with Gasteiger partial charge in [0.25, 0.3) is 5.91 Å². The number of carbonyl (C=O) groups excluding carboxylic acids is 1. The van der Waals surface area contributed by atoms with Crippen molar-refractivity contribution >= 4 is 27.9 Å². The maximum Gasteiger partial charge on any atom is 0.263 e. The number of ether oxygens (including phenoxy) is 1. The average Bonchev–Trinajstić information content (AvgIpc) is 2.82. The standard InChI is InChI=1S/C14H23N3O2S/c1-3-7-16-13(18)12-10(15)11(19-2)14(20-12)17-8-5-4-6-9-17/h3-9,15H2,1-2H3,(H,16,18). The third-order valence-corrected chi connectivity index (χ3v) is 4.72. The topological polar surface area (TPSA) is 67.6 Å². The molecule has 112 valence electrons. The lowest BCUT2D eigenvalue weighted by Gasteiger charge is -2.27. The van der Waals surface area contributed by atoms with Gasteiger partial charge in [0.1, 0.15) is 15.6 Å². The molecule has 5 nitrogen and oxygen atoms in total. The fourth-order valence-electron chi connectivity index (χ4n) is 2.41. The van der Waals surface area contributed by atoms with Crippen molar-refractivity contribution in [3.05, 3.63) is 4.88 Å². The summed E-state index contributed by atoms with van der Waals surface area (Å²) in [6.07, 6.45) is 4.54. The molecule has 0 saturated carbocycles. The summed E-state index contributed by atoms with van der Waals surface area (Å²) in [4.78, 5) is 15.0. The first-order valence-corrected chi connectivity index (χ1v) is 8.00. The third-order valence-electron chi connectivity index (χ3n) is 3.47. The number of nitrogens with two attached hydrogens (primary N) is 1. The molecule has 0 radical (unpaired) electrons. The highest BCUT2D eigenvalue weighted by Gasteiger charge is 2.25. The number of nitrogen functional groups attached to an aromatic ring is 1. The molecule has 2 heterocycles. The Bertz CT molecular complexity index is 467. The van der Waals surface area contributed by atoms with E-state index in [1.165, 1.54) is 30.6 Å². The fraction of sp³-hybridized carbons (Fsp3) is 0.643. The van der Waals surface area contributed by atoms with Crippen LogP contribution in [0.2, 0.25) is 0 Å². The van der Waals surface area contributed by atoms with Gasteiger partial charge in [-0.2, -0.15) is 0 Å². The number of carbonyl (C=O) groups is 1. The number of nitrogens with zero attached hydrogens (tertiary/aromatic N) is 1. The number of nitrogens with one attached hydrogen (secondary N) is 1. The smallest absolute Gasteiger partial charge is 0.263 e. The Labute approximate surface area is 124 Å². The van der Waals surface area contributed by atoms with Crippen LogP contribution in [0.3, 0.4) is 0 Å². The van der Waals surface area contributed by atoms with Crippen LogP contribution in [0.25, 0.3) is 0 Å². The van der Waals surface area contributed by atoms with Crippen LogP contribution in [0.4, 0.5) is 10.7 Å². The van der Waals surface area contributed by atoms with Crippen LogP contribution < -0.4 is 20.7 Å². The van der Waals surface area contributed by atoms with Gasteiger partial charge < -0.3 is 20.7 Å². The Kier molecular flexibility index (Phi) is 5.11. The fourth-order valence-corrected chi connectivity index (χ4v) is 3.56. The van der Waals surface area contributed by atoms with Gasteiger partial charge in [0.05, 0.1) is 7.11 Å².